The predicted molar refractivity (Wildman–Crippen MR) is 63.0 cm³/mol. The van der Waals surface area contributed by atoms with Gasteiger partial charge in [-0.25, -0.2) is 0 Å². The Kier molecular flexibility index (Phi) is 2.59. The van der Waals surface area contributed by atoms with Gasteiger partial charge >= 0.3 is 0 Å². The smallest absolute Gasteiger partial charge is 0.258 e. The van der Waals surface area contributed by atoms with Gasteiger partial charge in [0.25, 0.3) is 5.69 Å². The van der Waals surface area contributed by atoms with Crippen molar-refractivity contribution in [2.45, 2.75) is 0 Å². The van der Waals surface area contributed by atoms with Gasteiger partial charge in [0.1, 0.15) is 6.07 Å². The first-order chi connectivity index (χ1) is 7.65. The third kappa shape index (κ3) is 1.53. The highest BCUT2D eigenvalue weighted by Crippen LogP contribution is 2.33. The van der Waals surface area contributed by atoms with Crippen LogP contribution in [-0.4, -0.2) is 4.92 Å². The Morgan fingerprint density at radius 3 is 2.50 bits per heavy atom. The van der Waals surface area contributed by atoms with Gasteiger partial charge in [-0.3, -0.25) is 10.1 Å². The van der Waals surface area contributed by atoms with E-state index in [-0.39, 0.29) is 5.69 Å². The molecular formula is C11H5BrN2O2. The number of halogens is 1. The molecule has 0 aliphatic carbocycles. The van der Waals surface area contributed by atoms with Gasteiger partial charge in [-0.15, -0.1) is 0 Å². The average molecular weight is 277 g/mol. The zero-order valence-corrected chi connectivity index (χ0v) is 9.56. The lowest BCUT2D eigenvalue weighted by Crippen LogP contribution is -1.92. The molecule has 2 aromatic rings. The van der Waals surface area contributed by atoms with Gasteiger partial charge in [0.2, 0.25) is 0 Å². The minimum absolute atomic E-state index is 0.00137. The molecule has 0 heterocycles. The van der Waals surface area contributed by atoms with E-state index < -0.39 is 4.92 Å². The SMILES string of the molecule is N#Cc1c(Br)cc([N+](=O)[O-])c2ccccc12. The molecule has 2 aromatic carbocycles. The fraction of sp³-hybridized carbons (Fsp3) is 0. The molecule has 0 spiro atoms. The molecule has 0 aromatic heterocycles. The van der Waals surface area contributed by atoms with Crippen molar-refractivity contribution in [3.05, 3.63) is 50.5 Å². The van der Waals surface area contributed by atoms with Crippen molar-refractivity contribution in [3.8, 4) is 6.07 Å². The number of non-ortho nitro benzene ring substituents is 1. The Labute approximate surface area is 99.4 Å². The van der Waals surface area contributed by atoms with Crippen LogP contribution in [0.4, 0.5) is 5.69 Å². The molecular weight excluding hydrogens is 272 g/mol. The summed E-state index contributed by atoms with van der Waals surface area (Å²) in [4.78, 5) is 10.4. The summed E-state index contributed by atoms with van der Waals surface area (Å²) in [5.74, 6) is 0. The molecule has 0 amide bonds. The van der Waals surface area contributed by atoms with Gasteiger partial charge < -0.3 is 0 Å². The first-order valence-corrected chi connectivity index (χ1v) is 5.20. The van der Waals surface area contributed by atoms with Crippen molar-refractivity contribution in [2.75, 3.05) is 0 Å². The summed E-state index contributed by atoms with van der Waals surface area (Å²) in [6, 6.07) is 10.2. The number of nitrogens with zero attached hydrogens (tertiary/aromatic N) is 2. The molecule has 2 rings (SSSR count). The monoisotopic (exact) mass is 276 g/mol. The standard InChI is InChI=1S/C11H5BrN2O2/c12-10-5-11(14(15)16)8-4-2-1-3-7(8)9(10)6-13/h1-5H. The number of benzene rings is 2. The molecule has 0 atom stereocenters. The molecule has 0 N–H and O–H groups in total. The van der Waals surface area contributed by atoms with Crippen LogP contribution >= 0.6 is 15.9 Å². The van der Waals surface area contributed by atoms with Crippen molar-refractivity contribution in [2.24, 2.45) is 0 Å². The molecule has 0 fully saturated rings. The number of rotatable bonds is 1. The highest BCUT2D eigenvalue weighted by atomic mass is 79.9. The minimum Gasteiger partial charge on any atom is -0.258 e. The maximum atomic E-state index is 10.9. The zero-order chi connectivity index (χ0) is 11.7. The van der Waals surface area contributed by atoms with Crippen LogP contribution in [-0.2, 0) is 0 Å². The van der Waals surface area contributed by atoms with Gasteiger partial charge in [-0.2, -0.15) is 5.26 Å². The average Bonchev–Trinajstić information content (AvgIpc) is 2.28. The van der Waals surface area contributed by atoms with E-state index in [2.05, 4.69) is 15.9 Å². The second-order valence-electron chi connectivity index (χ2n) is 3.17. The van der Waals surface area contributed by atoms with E-state index >= 15 is 0 Å². The van der Waals surface area contributed by atoms with Crippen molar-refractivity contribution >= 4 is 32.4 Å². The van der Waals surface area contributed by atoms with Crippen molar-refractivity contribution in [1.82, 2.24) is 0 Å². The fourth-order valence-corrected chi connectivity index (χ4v) is 2.11. The third-order valence-electron chi connectivity index (χ3n) is 2.28. The number of fused-ring (bicyclic) bond motifs is 1. The molecule has 0 saturated carbocycles. The Morgan fingerprint density at radius 2 is 1.94 bits per heavy atom. The van der Waals surface area contributed by atoms with Gasteiger partial charge in [0.05, 0.1) is 15.9 Å². The zero-order valence-electron chi connectivity index (χ0n) is 7.98. The van der Waals surface area contributed by atoms with Gasteiger partial charge in [0.15, 0.2) is 0 Å². The number of hydrogen-bond donors (Lipinski definition) is 0. The number of nitro groups is 1. The van der Waals surface area contributed by atoms with Crippen molar-refractivity contribution in [1.29, 1.82) is 5.26 Å². The summed E-state index contributed by atoms with van der Waals surface area (Å²) < 4.78 is 0.445. The van der Waals surface area contributed by atoms with Crippen LogP contribution in [0.5, 0.6) is 0 Å². The molecule has 4 nitrogen and oxygen atoms in total. The van der Waals surface area contributed by atoms with Crippen LogP contribution in [0.1, 0.15) is 5.56 Å². The summed E-state index contributed by atoms with van der Waals surface area (Å²) in [6.45, 7) is 0. The summed E-state index contributed by atoms with van der Waals surface area (Å²) in [6.07, 6.45) is 0. The Balaban J connectivity index is 2.98. The van der Waals surface area contributed by atoms with Crippen LogP contribution in [0.25, 0.3) is 10.8 Å². The van der Waals surface area contributed by atoms with Crippen LogP contribution < -0.4 is 0 Å². The maximum Gasteiger partial charge on any atom is 0.278 e. The lowest BCUT2D eigenvalue weighted by molar-refractivity contribution is -0.383. The second kappa shape index (κ2) is 3.91. The first kappa shape index (κ1) is 10.6. The molecule has 0 saturated heterocycles. The quantitative estimate of drug-likeness (QED) is 0.592. The lowest BCUT2D eigenvalue weighted by atomic mass is 10.0. The molecule has 16 heavy (non-hydrogen) atoms. The molecule has 0 bridgehead atoms. The molecule has 0 radical (unpaired) electrons. The van der Waals surface area contributed by atoms with E-state index in [4.69, 9.17) is 5.26 Å². The topological polar surface area (TPSA) is 66.9 Å². The molecule has 0 unspecified atom stereocenters. The Morgan fingerprint density at radius 1 is 1.31 bits per heavy atom. The summed E-state index contributed by atoms with van der Waals surface area (Å²) >= 11 is 3.17. The molecule has 0 aliphatic rings. The van der Waals surface area contributed by atoms with Crippen molar-refractivity contribution < 1.29 is 4.92 Å². The van der Waals surface area contributed by atoms with E-state index in [0.29, 0.717) is 20.8 Å². The first-order valence-electron chi connectivity index (χ1n) is 4.41. The van der Waals surface area contributed by atoms with Crippen LogP contribution in [0.2, 0.25) is 0 Å². The largest absolute Gasteiger partial charge is 0.278 e. The summed E-state index contributed by atoms with van der Waals surface area (Å²) in [5, 5.41) is 20.9. The van der Waals surface area contributed by atoms with Gasteiger partial charge in [-0.05, 0) is 22.0 Å². The highest BCUT2D eigenvalue weighted by Gasteiger charge is 2.16. The van der Waals surface area contributed by atoms with E-state index in [1.807, 2.05) is 6.07 Å². The van der Waals surface area contributed by atoms with E-state index in [1.165, 1.54) is 6.07 Å². The van der Waals surface area contributed by atoms with Gasteiger partial charge in [-0.1, -0.05) is 18.2 Å². The van der Waals surface area contributed by atoms with Crippen LogP contribution in [0.15, 0.2) is 34.8 Å². The number of nitriles is 1. The van der Waals surface area contributed by atoms with Crippen LogP contribution in [0.3, 0.4) is 0 Å². The molecule has 0 aliphatic heterocycles. The Hall–Kier alpha value is -1.93. The lowest BCUT2D eigenvalue weighted by Gasteiger charge is -2.03. The normalized spacial score (nSPS) is 10.0. The van der Waals surface area contributed by atoms with Crippen LogP contribution in [0, 0.1) is 21.4 Å². The van der Waals surface area contributed by atoms with E-state index in [1.54, 1.807) is 24.3 Å². The summed E-state index contributed by atoms with van der Waals surface area (Å²) in [7, 11) is 0. The highest BCUT2D eigenvalue weighted by molar-refractivity contribution is 9.10. The van der Waals surface area contributed by atoms with E-state index in [9.17, 15) is 10.1 Å². The summed E-state index contributed by atoms with van der Waals surface area (Å²) in [5.41, 5.74) is 0.419. The molecule has 78 valence electrons. The van der Waals surface area contributed by atoms with Crippen molar-refractivity contribution in [3.63, 3.8) is 0 Å². The maximum absolute atomic E-state index is 10.9. The van der Waals surface area contributed by atoms with E-state index in [0.717, 1.165) is 0 Å². The number of hydrogen-bond acceptors (Lipinski definition) is 3. The molecule has 5 heteroatoms. The number of nitro benzene ring substituents is 1. The second-order valence-corrected chi connectivity index (χ2v) is 4.02. The Bertz CT molecular complexity index is 632. The third-order valence-corrected chi connectivity index (χ3v) is 2.91. The predicted octanol–water partition coefficient (Wildman–Crippen LogP) is 3.38. The van der Waals surface area contributed by atoms with Gasteiger partial charge in [0, 0.05) is 15.9 Å². The minimum atomic E-state index is -0.450. The fourth-order valence-electron chi connectivity index (χ4n) is 1.59.